The number of aliphatic hydroxyl groups is 1. The standard InChI is InChI=1S/C10H11NO2/c1-7-3-2-4-8-10(7)13-9(11-8)5-6-12/h2-4,12H,5-6H2,1H3. The Bertz CT molecular complexity index is 420. The zero-order chi connectivity index (χ0) is 9.26. The maximum atomic E-state index is 8.71. The number of hydrogen-bond acceptors (Lipinski definition) is 3. The van der Waals surface area contributed by atoms with Gasteiger partial charge < -0.3 is 9.52 Å². The monoisotopic (exact) mass is 177 g/mol. The quantitative estimate of drug-likeness (QED) is 0.759. The molecule has 68 valence electrons. The van der Waals surface area contributed by atoms with Gasteiger partial charge in [0.2, 0.25) is 0 Å². The molecule has 0 atom stereocenters. The van der Waals surface area contributed by atoms with Crippen molar-refractivity contribution in [2.45, 2.75) is 13.3 Å². The lowest BCUT2D eigenvalue weighted by Crippen LogP contribution is -1.88. The van der Waals surface area contributed by atoms with Gasteiger partial charge in [-0.05, 0) is 18.6 Å². The van der Waals surface area contributed by atoms with Crippen molar-refractivity contribution in [2.24, 2.45) is 0 Å². The number of fused-ring (bicyclic) bond motifs is 1. The number of rotatable bonds is 2. The van der Waals surface area contributed by atoms with Crippen molar-refractivity contribution in [3.8, 4) is 0 Å². The number of nitrogens with zero attached hydrogens (tertiary/aromatic N) is 1. The van der Waals surface area contributed by atoms with Crippen molar-refractivity contribution in [1.82, 2.24) is 4.98 Å². The summed E-state index contributed by atoms with van der Waals surface area (Å²) in [5.74, 6) is 0.604. The zero-order valence-electron chi connectivity index (χ0n) is 7.45. The maximum Gasteiger partial charge on any atom is 0.197 e. The number of oxazole rings is 1. The molecule has 1 N–H and O–H groups in total. The minimum absolute atomic E-state index is 0.0753. The molecule has 3 nitrogen and oxygen atoms in total. The van der Waals surface area contributed by atoms with Crippen molar-refractivity contribution in [2.75, 3.05) is 6.61 Å². The molecule has 1 aromatic carbocycles. The first-order valence-corrected chi connectivity index (χ1v) is 4.27. The summed E-state index contributed by atoms with van der Waals surface area (Å²) in [6.07, 6.45) is 0.480. The van der Waals surface area contributed by atoms with E-state index in [1.54, 1.807) is 0 Å². The molecule has 0 saturated carbocycles. The summed E-state index contributed by atoms with van der Waals surface area (Å²) in [5.41, 5.74) is 2.77. The molecule has 0 unspecified atom stereocenters. The van der Waals surface area contributed by atoms with E-state index >= 15 is 0 Å². The molecule has 0 saturated heterocycles. The van der Waals surface area contributed by atoms with Crippen LogP contribution in [0.15, 0.2) is 22.6 Å². The first-order valence-electron chi connectivity index (χ1n) is 4.27. The average Bonchev–Trinajstić information content (AvgIpc) is 2.49. The molecule has 2 aromatic rings. The van der Waals surface area contributed by atoms with Crippen LogP contribution in [0.25, 0.3) is 11.1 Å². The summed E-state index contributed by atoms with van der Waals surface area (Å²) in [6.45, 7) is 2.06. The summed E-state index contributed by atoms with van der Waals surface area (Å²) < 4.78 is 5.47. The summed E-state index contributed by atoms with van der Waals surface area (Å²) in [5, 5.41) is 8.71. The molecule has 13 heavy (non-hydrogen) atoms. The number of aromatic nitrogens is 1. The lowest BCUT2D eigenvalue weighted by atomic mass is 10.2. The van der Waals surface area contributed by atoms with Gasteiger partial charge in [-0.15, -0.1) is 0 Å². The predicted octanol–water partition coefficient (Wildman–Crippen LogP) is 1.67. The van der Waals surface area contributed by atoms with Crippen molar-refractivity contribution in [3.63, 3.8) is 0 Å². The van der Waals surface area contributed by atoms with Crippen LogP contribution in [-0.2, 0) is 6.42 Å². The third-order valence-corrected chi connectivity index (χ3v) is 1.98. The van der Waals surface area contributed by atoms with Crippen molar-refractivity contribution >= 4 is 11.1 Å². The van der Waals surface area contributed by atoms with E-state index in [4.69, 9.17) is 9.52 Å². The van der Waals surface area contributed by atoms with Crippen molar-refractivity contribution < 1.29 is 9.52 Å². The Kier molecular flexibility index (Phi) is 2.02. The molecular formula is C10H11NO2. The predicted molar refractivity (Wildman–Crippen MR) is 49.5 cm³/mol. The largest absolute Gasteiger partial charge is 0.440 e. The Morgan fingerprint density at radius 3 is 3.00 bits per heavy atom. The smallest absolute Gasteiger partial charge is 0.197 e. The molecule has 1 aromatic heterocycles. The Labute approximate surface area is 76.0 Å². The average molecular weight is 177 g/mol. The van der Waals surface area contributed by atoms with Gasteiger partial charge >= 0.3 is 0 Å². The van der Waals surface area contributed by atoms with Gasteiger partial charge in [0, 0.05) is 6.42 Å². The molecular weight excluding hydrogens is 166 g/mol. The van der Waals surface area contributed by atoms with Gasteiger partial charge in [0.1, 0.15) is 5.52 Å². The summed E-state index contributed by atoms with van der Waals surface area (Å²) in [7, 11) is 0. The van der Waals surface area contributed by atoms with Gasteiger partial charge in [-0.25, -0.2) is 4.98 Å². The molecule has 0 bridgehead atoms. The molecule has 1 heterocycles. The maximum absolute atomic E-state index is 8.71. The van der Waals surface area contributed by atoms with Crippen molar-refractivity contribution in [3.05, 3.63) is 29.7 Å². The van der Waals surface area contributed by atoms with E-state index in [9.17, 15) is 0 Å². The highest BCUT2D eigenvalue weighted by molar-refractivity contribution is 5.75. The molecule has 0 radical (unpaired) electrons. The lowest BCUT2D eigenvalue weighted by Gasteiger charge is -1.90. The highest BCUT2D eigenvalue weighted by atomic mass is 16.3. The second kappa shape index (κ2) is 3.18. The van der Waals surface area contributed by atoms with Crippen LogP contribution in [-0.4, -0.2) is 16.7 Å². The Hall–Kier alpha value is -1.35. The van der Waals surface area contributed by atoms with E-state index < -0.39 is 0 Å². The van der Waals surface area contributed by atoms with E-state index in [0.29, 0.717) is 12.3 Å². The van der Waals surface area contributed by atoms with Gasteiger partial charge in [0.05, 0.1) is 6.61 Å². The van der Waals surface area contributed by atoms with E-state index in [1.165, 1.54) is 0 Å². The van der Waals surface area contributed by atoms with Gasteiger partial charge in [-0.3, -0.25) is 0 Å². The summed E-state index contributed by atoms with van der Waals surface area (Å²) >= 11 is 0. The SMILES string of the molecule is Cc1cccc2nc(CCO)oc12. The van der Waals surface area contributed by atoms with Gasteiger partial charge in [0.15, 0.2) is 11.5 Å². The fourth-order valence-electron chi connectivity index (χ4n) is 1.34. The van der Waals surface area contributed by atoms with Crippen molar-refractivity contribution in [1.29, 1.82) is 0 Å². The van der Waals surface area contributed by atoms with Crippen LogP contribution >= 0.6 is 0 Å². The fraction of sp³-hybridized carbons (Fsp3) is 0.300. The highest BCUT2D eigenvalue weighted by Crippen LogP contribution is 2.19. The molecule has 3 heteroatoms. The number of hydrogen-bond donors (Lipinski definition) is 1. The first kappa shape index (κ1) is 8.26. The molecule has 0 aliphatic heterocycles. The zero-order valence-corrected chi connectivity index (χ0v) is 7.45. The van der Waals surface area contributed by atoms with Gasteiger partial charge in [-0.2, -0.15) is 0 Å². The van der Waals surface area contributed by atoms with Gasteiger partial charge in [0.25, 0.3) is 0 Å². The van der Waals surface area contributed by atoms with E-state index in [1.807, 2.05) is 25.1 Å². The summed E-state index contributed by atoms with van der Waals surface area (Å²) in [6, 6.07) is 5.84. The number of aliphatic hydroxyl groups excluding tert-OH is 1. The third-order valence-electron chi connectivity index (χ3n) is 1.98. The Morgan fingerprint density at radius 1 is 1.46 bits per heavy atom. The topological polar surface area (TPSA) is 46.3 Å². The minimum atomic E-state index is 0.0753. The van der Waals surface area contributed by atoms with Crippen LogP contribution in [0.1, 0.15) is 11.5 Å². The van der Waals surface area contributed by atoms with Gasteiger partial charge in [-0.1, -0.05) is 12.1 Å². The third kappa shape index (κ3) is 1.42. The summed E-state index contributed by atoms with van der Waals surface area (Å²) in [4.78, 5) is 4.24. The molecule has 0 fully saturated rings. The number of para-hydroxylation sites is 1. The van der Waals surface area contributed by atoms with Crippen LogP contribution in [0.2, 0.25) is 0 Å². The van der Waals surface area contributed by atoms with E-state index in [-0.39, 0.29) is 6.61 Å². The fourth-order valence-corrected chi connectivity index (χ4v) is 1.34. The highest BCUT2D eigenvalue weighted by Gasteiger charge is 2.05. The second-order valence-corrected chi connectivity index (χ2v) is 3.00. The Balaban J connectivity index is 2.55. The first-order chi connectivity index (χ1) is 6.31. The second-order valence-electron chi connectivity index (χ2n) is 3.00. The lowest BCUT2D eigenvalue weighted by molar-refractivity contribution is 0.287. The molecule has 0 aliphatic rings. The van der Waals surface area contributed by atoms with Crippen LogP contribution in [0.3, 0.4) is 0 Å². The van der Waals surface area contributed by atoms with Crippen LogP contribution in [0.4, 0.5) is 0 Å². The van der Waals surface area contributed by atoms with Crippen LogP contribution < -0.4 is 0 Å². The number of benzene rings is 1. The normalized spacial score (nSPS) is 10.9. The van der Waals surface area contributed by atoms with Crippen LogP contribution in [0.5, 0.6) is 0 Å². The van der Waals surface area contributed by atoms with E-state index in [0.717, 1.165) is 16.7 Å². The molecule has 0 aliphatic carbocycles. The molecule has 0 spiro atoms. The van der Waals surface area contributed by atoms with E-state index in [2.05, 4.69) is 4.98 Å². The molecule has 0 amide bonds. The minimum Gasteiger partial charge on any atom is -0.440 e. The number of aryl methyl sites for hydroxylation is 1. The Morgan fingerprint density at radius 2 is 2.31 bits per heavy atom. The molecule has 2 rings (SSSR count). The van der Waals surface area contributed by atoms with Crippen LogP contribution in [0, 0.1) is 6.92 Å².